The molecule has 0 fully saturated rings. The van der Waals surface area contributed by atoms with Crippen molar-refractivity contribution in [1.29, 1.82) is 0 Å². The topological polar surface area (TPSA) is 52.6 Å². The Kier molecular flexibility index (Phi) is 1.77. The summed E-state index contributed by atoms with van der Waals surface area (Å²) >= 11 is 0. The van der Waals surface area contributed by atoms with Gasteiger partial charge in [-0.3, -0.25) is 0 Å². The summed E-state index contributed by atoms with van der Waals surface area (Å²) < 4.78 is 9.59. The Morgan fingerprint density at radius 1 is 0.857 bits per heavy atom. The van der Waals surface area contributed by atoms with Crippen molar-refractivity contribution in [3.8, 4) is 0 Å². The first-order chi connectivity index (χ1) is 6.58. The van der Waals surface area contributed by atoms with Gasteiger partial charge in [-0.05, 0) is 26.0 Å². The molecule has 0 saturated heterocycles. The van der Waals surface area contributed by atoms with Crippen molar-refractivity contribution >= 4 is 11.9 Å². The molecular weight excluding hydrogens is 184 g/mol. The molecule has 14 heavy (non-hydrogen) atoms. The van der Waals surface area contributed by atoms with Crippen molar-refractivity contribution in [2.45, 2.75) is 13.8 Å². The van der Waals surface area contributed by atoms with E-state index < -0.39 is 11.9 Å². The average molecular weight is 192 g/mol. The van der Waals surface area contributed by atoms with E-state index in [1.165, 1.54) is 12.2 Å². The predicted molar refractivity (Wildman–Crippen MR) is 46.7 cm³/mol. The fraction of sp³-hybridized carbons (Fsp3) is 0.200. The summed E-state index contributed by atoms with van der Waals surface area (Å²) in [5, 5.41) is 0. The van der Waals surface area contributed by atoms with E-state index in [9.17, 15) is 9.59 Å². The number of carbonyl (C=O) groups is 2. The Morgan fingerprint density at radius 2 is 1.21 bits per heavy atom. The van der Waals surface area contributed by atoms with Crippen molar-refractivity contribution in [3.63, 3.8) is 0 Å². The van der Waals surface area contributed by atoms with Gasteiger partial charge in [0.05, 0.1) is 11.1 Å². The van der Waals surface area contributed by atoms with E-state index >= 15 is 0 Å². The Bertz CT molecular complexity index is 383. The van der Waals surface area contributed by atoms with Crippen LogP contribution in [0.15, 0.2) is 34.8 Å². The fourth-order valence-corrected chi connectivity index (χ4v) is 1.36. The number of allylic oxidation sites excluding steroid dienone is 2. The first kappa shape index (κ1) is 8.74. The summed E-state index contributed by atoms with van der Waals surface area (Å²) in [5.41, 5.74) is 0.536. The van der Waals surface area contributed by atoms with Gasteiger partial charge < -0.3 is 9.47 Å². The van der Waals surface area contributed by atoms with Gasteiger partial charge in [-0.25, -0.2) is 9.59 Å². The van der Waals surface area contributed by atoms with Crippen molar-refractivity contribution in [2.75, 3.05) is 0 Å². The van der Waals surface area contributed by atoms with Gasteiger partial charge in [0.25, 0.3) is 0 Å². The lowest BCUT2D eigenvalue weighted by Gasteiger charge is -1.95. The van der Waals surface area contributed by atoms with Crippen LogP contribution < -0.4 is 0 Å². The van der Waals surface area contributed by atoms with Crippen LogP contribution in [-0.2, 0) is 19.1 Å². The Balaban J connectivity index is 2.51. The molecule has 0 spiro atoms. The Morgan fingerprint density at radius 3 is 1.43 bits per heavy atom. The van der Waals surface area contributed by atoms with E-state index in [4.69, 9.17) is 9.47 Å². The Hall–Kier alpha value is -1.84. The molecule has 0 atom stereocenters. The summed E-state index contributed by atoms with van der Waals surface area (Å²) in [6.45, 7) is 3.31. The summed E-state index contributed by atoms with van der Waals surface area (Å²) in [5.74, 6) is -0.0210. The van der Waals surface area contributed by atoms with Crippen LogP contribution in [0.5, 0.6) is 0 Å². The number of hydrogen-bond donors (Lipinski definition) is 0. The summed E-state index contributed by atoms with van der Waals surface area (Å²) in [6.07, 6.45) is 3.07. The molecule has 0 radical (unpaired) electrons. The lowest BCUT2D eigenvalue weighted by Crippen LogP contribution is -2.05. The molecule has 4 nitrogen and oxygen atoms in total. The second-order valence-electron chi connectivity index (χ2n) is 3.12. The highest BCUT2D eigenvalue weighted by Crippen LogP contribution is 2.26. The van der Waals surface area contributed by atoms with Crippen LogP contribution in [0.4, 0.5) is 0 Å². The average Bonchev–Trinajstić information content (AvgIpc) is 2.55. The zero-order valence-electron chi connectivity index (χ0n) is 7.79. The van der Waals surface area contributed by atoms with Crippen LogP contribution in [0, 0.1) is 0 Å². The highest BCUT2D eigenvalue weighted by molar-refractivity contribution is 6.07. The maximum Gasteiger partial charge on any atom is 0.344 e. The molecule has 2 aliphatic heterocycles. The third-order valence-corrected chi connectivity index (χ3v) is 1.93. The minimum absolute atomic E-state index is 0.268. The molecule has 2 heterocycles. The van der Waals surface area contributed by atoms with Crippen molar-refractivity contribution in [1.82, 2.24) is 0 Å². The molecule has 0 aromatic rings. The third-order valence-electron chi connectivity index (χ3n) is 1.93. The van der Waals surface area contributed by atoms with Gasteiger partial charge in [0, 0.05) is 0 Å². The van der Waals surface area contributed by atoms with E-state index in [0.29, 0.717) is 11.5 Å². The summed E-state index contributed by atoms with van der Waals surface area (Å²) in [7, 11) is 0. The second-order valence-corrected chi connectivity index (χ2v) is 3.12. The molecule has 0 aromatic heterocycles. The van der Waals surface area contributed by atoms with Crippen LogP contribution in [0.3, 0.4) is 0 Å². The number of esters is 2. The lowest BCUT2D eigenvalue weighted by molar-refractivity contribution is -0.135. The van der Waals surface area contributed by atoms with E-state index in [1.54, 1.807) is 13.8 Å². The number of rotatable bonds is 0. The molecule has 2 aliphatic rings. The van der Waals surface area contributed by atoms with Crippen LogP contribution in [0.25, 0.3) is 0 Å². The van der Waals surface area contributed by atoms with Gasteiger partial charge in [0.15, 0.2) is 0 Å². The first-order valence-electron chi connectivity index (χ1n) is 4.13. The van der Waals surface area contributed by atoms with Gasteiger partial charge >= 0.3 is 11.9 Å². The van der Waals surface area contributed by atoms with E-state index in [0.717, 1.165) is 0 Å². The smallest absolute Gasteiger partial charge is 0.344 e. The minimum Gasteiger partial charge on any atom is -0.428 e. The van der Waals surface area contributed by atoms with Gasteiger partial charge in [0.2, 0.25) is 0 Å². The monoisotopic (exact) mass is 192 g/mol. The molecule has 2 rings (SSSR count). The number of ether oxygens (including phenoxy) is 2. The fourth-order valence-electron chi connectivity index (χ4n) is 1.36. The molecule has 0 aliphatic carbocycles. The third kappa shape index (κ3) is 1.25. The maximum atomic E-state index is 11.3. The lowest BCUT2D eigenvalue weighted by atomic mass is 10.1. The molecule has 0 saturated carbocycles. The maximum absolute atomic E-state index is 11.3. The second kappa shape index (κ2) is 2.83. The standard InChI is InChI=1S/C10H8O4/c1-5-3-7(9(11)13-5)8-4-6(2)14-10(8)12/h3-4H,1-2H3. The quantitative estimate of drug-likeness (QED) is 0.427. The molecule has 0 unspecified atom stereocenters. The zero-order chi connectivity index (χ0) is 10.3. The number of carbonyl (C=O) groups excluding carboxylic acids is 2. The first-order valence-corrected chi connectivity index (χ1v) is 4.13. The minimum atomic E-state index is -0.500. The van der Waals surface area contributed by atoms with E-state index in [2.05, 4.69) is 0 Å². The molecule has 0 aromatic carbocycles. The van der Waals surface area contributed by atoms with Crippen molar-refractivity contribution in [2.24, 2.45) is 0 Å². The predicted octanol–water partition coefficient (Wildman–Crippen LogP) is 1.20. The molecule has 0 bridgehead atoms. The van der Waals surface area contributed by atoms with E-state index in [-0.39, 0.29) is 11.1 Å². The van der Waals surface area contributed by atoms with E-state index in [1.807, 2.05) is 0 Å². The zero-order valence-corrected chi connectivity index (χ0v) is 7.79. The van der Waals surface area contributed by atoms with Gasteiger partial charge in [-0.2, -0.15) is 0 Å². The van der Waals surface area contributed by atoms with Crippen LogP contribution in [0.1, 0.15) is 13.8 Å². The largest absolute Gasteiger partial charge is 0.428 e. The molecule has 0 amide bonds. The highest BCUT2D eigenvalue weighted by atomic mass is 16.5. The van der Waals surface area contributed by atoms with Gasteiger partial charge in [-0.1, -0.05) is 0 Å². The van der Waals surface area contributed by atoms with Gasteiger partial charge in [-0.15, -0.1) is 0 Å². The highest BCUT2D eigenvalue weighted by Gasteiger charge is 2.29. The van der Waals surface area contributed by atoms with Crippen LogP contribution in [0.2, 0.25) is 0 Å². The van der Waals surface area contributed by atoms with Gasteiger partial charge in [0.1, 0.15) is 11.5 Å². The summed E-state index contributed by atoms with van der Waals surface area (Å²) in [4.78, 5) is 22.5. The molecular formula is C10H8O4. The SMILES string of the molecule is CC1=CC(=C2C=C(C)OC2=O)C(=O)O1. The normalized spacial score (nSPS) is 25.9. The van der Waals surface area contributed by atoms with Crippen LogP contribution in [-0.4, -0.2) is 11.9 Å². The van der Waals surface area contributed by atoms with Crippen LogP contribution >= 0.6 is 0 Å². The number of hydrogen-bond acceptors (Lipinski definition) is 4. The molecule has 0 N–H and O–H groups in total. The molecule has 4 heteroatoms. The number of cyclic esters (lactones) is 2. The summed E-state index contributed by atoms with van der Waals surface area (Å²) in [6, 6.07) is 0. The Labute approximate surface area is 80.5 Å². The molecule has 72 valence electrons. The van der Waals surface area contributed by atoms with Crippen molar-refractivity contribution < 1.29 is 19.1 Å². The van der Waals surface area contributed by atoms with Crippen molar-refractivity contribution in [3.05, 3.63) is 34.8 Å².